The van der Waals surface area contributed by atoms with Crippen molar-refractivity contribution in [2.75, 3.05) is 38.2 Å². The Kier molecular flexibility index (Phi) is 6.16. The maximum atomic E-state index is 12.9. The Hall–Kier alpha value is -3.41. The molecule has 0 spiro atoms. The standard InChI is InChI=1S/C25H28N4O2/c1-18(2)19-4-6-21(7-5-19)25(30)29-14-12-28(13-15-29)24-16-23(26-17-27-24)20-8-10-22(31-3)11-9-20/h4-11,16-18H,12-15H2,1-3H3. The van der Waals surface area contributed by atoms with Gasteiger partial charge in [0, 0.05) is 43.4 Å². The molecule has 31 heavy (non-hydrogen) atoms. The fourth-order valence-corrected chi connectivity index (χ4v) is 3.77. The predicted molar refractivity (Wildman–Crippen MR) is 123 cm³/mol. The molecule has 4 rings (SSSR count). The van der Waals surface area contributed by atoms with E-state index < -0.39 is 0 Å². The molecule has 6 nitrogen and oxygen atoms in total. The maximum Gasteiger partial charge on any atom is 0.253 e. The lowest BCUT2D eigenvalue weighted by Gasteiger charge is -2.35. The molecule has 160 valence electrons. The van der Waals surface area contributed by atoms with Crippen LogP contribution in [0.2, 0.25) is 0 Å². The first-order chi connectivity index (χ1) is 15.0. The first-order valence-corrected chi connectivity index (χ1v) is 10.7. The minimum atomic E-state index is 0.0940. The van der Waals surface area contributed by atoms with Gasteiger partial charge in [0.1, 0.15) is 17.9 Å². The number of ether oxygens (including phenoxy) is 1. The highest BCUT2D eigenvalue weighted by Gasteiger charge is 2.23. The third-order valence-electron chi connectivity index (χ3n) is 5.75. The van der Waals surface area contributed by atoms with E-state index >= 15 is 0 Å². The summed E-state index contributed by atoms with van der Waals surface area (Å²) >= 11 is 0. The van der Waals surface area contributed by atoms with E-state index in [2.05, 4.69) is 40.8 Å². The number of aromatic nitrogens is 2. The Morgan fingerprint density at radius 2 is 1.61 bits per heavy atom. The fourth-order valence-electron chi connectivity index (χ4n) is 3.77. The highest BCUT2D eigenvalue weighted by Crippen LogP contribution is 2.24. The summed E-state index contributed by atoms with van der Waals surface area (Å²) in [5.41, 5.74) is 3.89. The topological polar surface area (TPSA) is 58.6 Å². The van der Waals surface area contributed by atoms with E-state index in [0.717, 1.165) is 41.5 Å². The number of anilines is 1. The van der Waals surface area contributed by atoms with Gasteiger partial charge >= 0.3 is 0 Å². The zero-order chi connectivity index (χ0) is 21.8. The van der Waals surface area contributed by atoms with Gasteiger partial charge in [-0.3, -0.25) is 4.79 Å². The number of benzene rings is 2. The van der Waals surface area contributed by atoms with Crippen molar-refractivity contribution in [2.45, 2.75) is 19.8 Å². The Labute approximate surface area is 183 Å². The van der Waals surface area contributed by atoms with Crippen LogP contribution >= 0.6 is 0 Å². The van der Waals surface area contributed by atoms with Crippen molar-refractivity contribution >= 4 is 11.7 Å². The van der Waals surface area contributed by atoms with E-state index in [9.17, 15) is 4.79 Å². The monoisotopic (exact) mass is 416 g/mol. The van der Waals surface area contributed by atoms with Gasteiger partial charge in [-0.2, -0.15) is 0 Å². The molecule has 1 amide bonds. The van der Waals surface area contributed by atoms with Crippen LogP contribution in [-0.2, 0) is 0 Å². The normalized spacial score (nSPS) is 14.1. The molecule has 2 aromatic carbocycles. The molecule has 0 atom stereocenters. The molecule has 3 aromatic rings. The van der Waals surface area contributed by atoms with Crippen molar-refractivity contribution in [2.24, 2.45) is 0 Å². The van der Waals surface area contributed by atoms with Crippen LogP contribution in [0.5, 0.6) is 5.75 Å². The molecule has 2 heterocycles. The third kappa shape index (κ3) is 4.68. The van der Waals surface area contributed by atoms with E-state index in [-0.39, 0.29) is 5.91 Å². The second kappa shape index (κ2) is 9.16. The molecule has 1 fully saturated rings. The molecule has 0 aliphatic carbocycles. The molecular weight excluding hydrogens is 388 g/mol. The minimum Gasteiger partial charge on any atom is -0.497 e. The summed E-state index contributed by atoms with van der Waals surface area (Å²) in [6.07, 6.45) is 1.60. The summed E-state index contributed by atoms with van der Waals surface area (Å²) in [7, 11) is 1.66. The largest absolute Gasteiger partial charge is 0.497 e. The maximum absolute atomic E-state index is 12.9. The van der Waals surface area contributed by atoms with E-state index in [1.54, 1.807) is 13.4 Å². The lowest BCUT2D eigenvalue weighted by atomic mass is 10.0. The molecule has 0 saturated carbocycles. The summed E-state index contributed by atoms with van der Waals surface area (Å²) in [5, 5.41) is 0. The van der Waals surface area contributed by atoms with Crippen molar-refractivity contribution in [3.63, 3.8) is 0 Å². The highest BCUT2D eigenvalue weighted by atomic mass is 16.5. The zero-order valence-electron chi connectivity index (χ0n) is 18.3. The Morgan fingerprint density at radius 3 is 2.23 bits per heavy atom. The van der Waals surface area contributed by atoms with E-state index in [1.807, 2.05) is 47.4 Å². The second-order valence-electron chi connectivity index (χ2n) is 8.05. The zero-order valence-corrected chi connectivity index (χ0v) is 18.3. The molecule has 1 aromatic heterocycles. The molecule has 0 N–H and O–H groups in total. The number of amides is 1. The number of hydrogen-bond donors (Lipinski definition) is 0. The summed E-state index contributed by atoms with van der Waals surface area (Å²) in [5.74, 6) is 2.26. The SMILES string of the molecule is COc1ccc(-c2cc(N3CCN(C(=O)c4ccc(C(C)C)cc4)CC3)ncn2)cc1. The van der Waals surface area contributed by atoms with Gasteiger partial charge in [-0.1, -0.05) is 26.0 Å². The predicted octanol–water partition coefficient (Wildman–Crippen LogP) is 4.24. The average molecular weight is 417 g/mol. The number of methoxy groups -OCH3 is 1. The van der Waals surface area contributed by atoms with Gasteiger partial charge in [-0.15, -0.1) is 0 Å². The van der Waals surface area contributed by atoms with E-state index in [0.29, 0.717) is 19.0 Å². The van der Waals surface area contributed by atoms with Crippen LogP contribution in [0.1, 0.15) is 35.7 Å². The van der Waals surface area contributed by atoms with Crippen LogP contribution in [0.4, 0.5) is 5.82 Å². The number of nitrogens with zero attached hydrogens (tertiary/aromatic N) is 4. The first kappa shape index (κ1) is 20.8. The van der Waals surface area contributed by atoms with Gasteiger partial charge in [0.25, 0.3) is 5.91 Å². The van der Waals surface area contributed by atoms with Crippen molar-refractivity contribution in [3.05, 3.63) is 72.1 Å². The Balaban J connectivity index is 1.41. The third-order valence-corrected chi connectivity index (χ3v) is 5.75. The lowest BCUT2D eigenvalue weighted by Crippen LogP contribution is -2.49. The van der Waals surface area contributed by atoms with Crippen molar-refractivity contribution < 1.29 is 9.53 Å². The molecule has 0 radical (unpaired) electrons. The smallest absolute Gasteiger partial charge is 0.253 e. The summed E-state index contributed by atoms with van der Waals surface area (Å²) in [6, 6.07) is 17.8. The van der Waals surface area contributed by atoms with Gasteiger partial charge in [0.05, 0.1) is 12.8 Å². The number of carbonyl (C=O) groups is 1. The van der Waals surface area contributed by atoms with Crippen molar-refractivity contribution in [3.8, 4) is 17.0 Å². The van der Waals surface area contributed by atoms with Crippen molar-refractivity contribution in [1.82, 2.24) is 14.9 Å². The molecular formula is C25H28N4O2. The highest BCUT2D eigenvalue weighted by molar-refractivity contribution is 5.94. The Bertz CT molecular complexity index is 1020. The quantitative estimate of drug-likeness (QED) is 0.623. The molecule has 0 unspecified atom stereocenters. The fraction of sp³-hybridized carbons (Fsp3) is 0.320. The van der Waals surface area contributed by atoms with Gasteiger partial charge in [-0.25, -0.2) is 9.97 Å². The Morgan fingerprint density at radius 1 is 0.935 bits per heavy atom. The number of rotatable bonds is 5. The van der Waals surface area contributed by atoms with Crippen molar-refractivity contribution in [1.29, 1.82) is 0 Å². The van der Waals surface area contributed by atoms with Gasteiger partial charge in [0.15, 0.2) is 0 Å². The average Bonchev–Trinajstić information content (AvgIpc) is 2.84. The molecule has 6 heteroatoms. The minimum absolute atomic E-state index is 0.0940. The van der Waals surface area contributed by atoms with Crippen LogP contribution in [0.3, 0.4) is 0 Å². The molecule has 0 bridgehead atoms. The van der Waals surface area contributed by atoms with Gasteiger partial charge < -0.3 is 14.5 Å². The molecule has 1 aliphatic heterocycles. The van der Waals surface area contributed by atoms with Crippen LogP contribution in [-0.4, -0.2) is 54.1 Å². The number of piperazine rings is 1. The number of hydrogen-bond acceptors (Lipinski definition) is 5. The molecule has 1 saturated heterocycles. The van der Waals surface area contributed by atoms with Crippen LogP contribution in [0.25, 0.3) is 11.3 Å². The lowest BCUT2D eigenvalue weighted by molar-refractivity contribution is 0.0746. The van der Waals surface area contributed by atoms with Crippen LogP contribution in [0, 0.1) is 0 Å². The summed E-state index contributed by atoms with van der Waals surface area (Å²) < 4.78 is 5.23. The summed E-state index contributed by atoms with van der Waals surface area (Å²) in [4.78, 5) is 25.9. The van der Waals surface area contributed by atoms with E-state index in [1.165, 1.54) is 5.56 Å². The van der Waals surface area contributed by atoms with Gasteiger partial charge in [-0.05, 0) is 47.9 Å². The van der Waals surface area contributed by atoms with Gasteiger partial charge in [0.2, 0.25) is 0 Å². The second-order valence-corrected chi connectivity index (χ2v) is 8.05. The first-order valence-electron chi connectivity index (χ1n) is 10.7. The summed E-state index contributed by atoms with van der Waals surface area (Å²) in [6.45, 7) is 7.15. The number of carbonyl (C=O) groups excluding carboxylic acids is 1. The van der Waals surface area contributed by atoms with Crippen LogP contribution < -0.4 is 9.64 Å². The van der Waals surface area contributed by atoms with E-state index in [4.69, 9.17) is 4.74 Å². The van der Waals surface area contributed by atoms with Crippen LogP contribution in [0.15, 0.2) is 60.9 Å². The molecule has 1 aliphatic rings.